The fraction of sp³-hybridized carbons (Fsp3) is 0.455. The molecule has 1 aromatic rings. The molecule has 0 unspecified atom stereocenters. The molecule has 0 aliphatic heterocycles. The van der Waals surface area contributed by atoms with Crippen molar-refractivity contribution in [3.63, 3.8) is 0 Å². The van der Waals surface area contributed by atoms with Crippen LogP contribution in [0.3, 0.4) is 0 Å². The first-order chi connectivity index (χ1) is 7.35. The van der Waals surface area contributed by atoms with E-state index in [1.807, 2.05) is 20.8 Å². The van der Waals surface area contributed by atoms with Crippen LogP contribution in [0, 0.1) is 0 Å². The number of aromatic nitrogens is 1. The number of hydrogen-bond donors (Lipinski definition) is 2. The number of halogens is 1. The van der Waals surface area contributed by atoms with E-state index in [9.17, 15) is 4.79 Å². The quantitative estimate of drug-likeness (QED) is 0.853. The van der Waals surface area contributed by atoms with Gasteiger partial charge in [0, 0.05) is 11.7 Å². The number of nitrogens with one attached hydrogen (secondary N) is 1. The lowest BCUT2D eigenvalue weighted by Gasteiger charge is -2.24. The Labute approximate surface area is 100 Å². The first-order valence-corrected chi connectivity index (χ1v) is 5.47. The number of carbonyl (C=O) groups excluding carboxylic acids is 1. The average Bonchev–Trinajstić information content (AvgIpc) is 2.21. The fourth-order valence-corrected chi connectivity index (χ4v) is 1.21. The van der Waals surface area contributed by atoms with Crippen molar-refractivity contribution in [1.29, 1.82) is 0 Å². The van der Waals surface area contributed by atoms with Crippen molar-refractivity contribution >= 4 is 23.3 Å². The highest BCUT2D eigenvalue weighted by Gasteiger charge is 2.19. The number of nitrogens with two attached hydrogens (primary N) is 1. The van der Waals surface area contributed by atoms with Gasteiger partial charge in [-0.15, -0.1) is 0 Å². The fourth-order valence-electron chi connectivity index (χ4n) is 1.04. The molecule has 4 nitrogen and oxygen atoms in total. The van der Waals surface area contributed by atoms with Gasteiger partial charge in [0.2, 0.25) is 0 Å². The Morgan fingerprint density at radius 3 is 2.75 bits per heavy atom. The Hall–Kier alpha value is -1.29. The minimum atomic E-state index is -0.245. The normalized spacial score (nSPS) is 11.2. The van der Waals surface area contributed by atoms with Gasteiger partial charge < -0.3 is 11.1 Å². The highest BCUT2D eigenvalue weighted by Crippen LogP contribution is 2.17. The topological polar surface area (TPSA) is 68.0 Å². The van der Waals surface area contributed by atoms with Gasteiger partial charge in [0.05, 0.1) is 10.6 Å². The maximum atomic E-state index is 11.8. The van der Waals surface area contributed by atoms with Crippen molar-refractivity contribution in [3.05, 3.63) is 22.8 Å². The van der Waals surface area contributed by atoms with Crippen LogP contribution >= 0.6 is 11.6 Å². The van der Waals surface area contributed by atoms with E-state index in [-0.39, 0.29) is 17.3 Å². The lowest BCUT2D eigenvalue weighted by atomic mass is 10.0. The SMILES string of the molecule is CCC(C)(C)NC(=O)c1cnc(N)c(Cl)c1. The number of carbonyl (C=O) groups is 1. The predicted molar refractivity (Wildman–Crippen MR) is 65.5 cm³/mol. The predicted octanol–water partition coefficient (Wildman–Crippen LogP) is 2.24. The van der Waals surface area contributed by atoms with Crippen LogP contribution in [0.1, 0.15) is 37.6 Å². The van der Waals surface area contributed by atoms with E-state index >= 15 is 0 Å². The van der Waals surface area contributed by atoms with Crippen molar-refractivity contribution in [1.82, 2.24) is 10.3 Å². The van der Waals surface area contributed by atoms with Crippen molar-refractivity contribution in [2.45, 2.75) is 32.7 Å². The zero-order valence-corrected chi connectivity index (χ0v) is 10.4. The Bertz CT molecular complexity index is 404. The van der Waals surface area contributed by atoms with E-state index < -0.39 is 0 Å². The van der Waals surface area contributed by atoms with Gasteiger partial charge in [-0.3, -0.25) is 4.79 Å². The smallest absolute Gasteiger partial charge is 0.253 e. The van der Waals surface area contributed by atoms with E-state index in [2.05, 4.69) is 10.3 Å². The molecule has 0 spiro atoms. The molecule has 0 aliphatic carbocycles. The zero-order valence-electron chi connectivity index (χ0n) is 9.67. The summed E-state index contributed by atoms with van der Waals surface area (Å²) < 4.78 is 0. The summed E-state index contributed by atoms with van der Waals surface area (Å²) in [6, 6.07) is 1.52. The van der Waals surface area contributed by atoms with Crippen LogP contribution < -0.4 is 11.1 Å². The van der Waals surface area contributed by atoms with Crippen molar-refractivity contribution in [2.24, 2.45) is 0 Å². The largest absolute Gasteiger partial charge is 0.382 e. The van der Waals surface area contributed by atoms with Crippen LogP contribution in [0.5, 0.6) is 0 Å². The van der Waals surface area contributed by atoms with Gasteiger partial charge >= 0.3 is 0 Å². The third-order valence-corrected chi connectivity index (χ3v) is 2.77. The molecule has 1 rings (SSSR count). The second kappa shape index (κ2) is 4.70. The summed E-state index contributed by atoms with van der Waals surface area (Å²) in [5.74, 6) is 0.0363. The standard InChI is InChI=1S/C11H16ClN3O/c1-4-11(2,3)15-10(16)7-5-8(12)9(13)14-6-7/h5-6H,4H2,1-3H3,(H2,13,14)(H,15,16). The number of nitrogens with zero attached hydrogens (tertiary/aromatic N) is 1. The monoisotopic (exact) mass is 241 g/mol. The maximum Gasteiger partial charge on any atom is 0.253 e. The molecule has 1 amide bonds. The molecular formula is C11H16ClN3O. The van der Waals surface area contributed by atoms with E-state index in [1.165, 1.54) is 12.3 Å². The minimum absolute atomic E-state index is 0.193. The van der Waals surface area contributed by atoms with Gasteiger partial charge in [0.15, 0.2) is 0 Å². The molecule has 3 N–H and O–H groups in total. The highest BCUT2D eigenvalue weighted by molar-refractivity contribution is 6.33. The van der Waals surface area contributed by atoms with Gasteiger partial charge in [-0.1, -0.05) is 18.5 Å². The Morgan fingerprint density at radius 2 is 2.25 bits per heavy atom. The van der Waals surface area contributed by atoms with Gasteiger partial charge in [0.25, 0.3) is 5.91 Å². The van der Waals surface area contributed by atoms with Gasteiger partial charge in [-0.2, -0.15) is 0 Å². The number of hydrogen-bond acceptors (Lipinski definition) is 3. The molecule has 0 saturated carbocycles. The molecule has 0 saturated heterocycles. The van der Waals surface area contributed by atoms with Gasteiger partial charge in [0.1, 0.15) is 5.82 Å². The molecule has 1 heterocycles. The van der Waals surface area contributed by atoms with Crippen LogP contribution in [-0.2, 0) is 0 Å². The lowest BCUT2D eigenvalue weighted by Crippen LogP contribution is -2.42. The number of rotatable bonds is 3. The Balaban J connectivity index is 2.85. The van der Waals surface area contributed by atoms with Gasteiger partial charge in [-0.05, 0) is 26.3 Å². The first kappa shape index (κ1) is 12.8. The third kappa shape index (κ3) is 3.10. The van der Waals surface area contributed by atoms with E-state index in [4.69, 9.17) is 17.3 Å². The summed E-state index contributed by atoms with van der Waals surface area (Å²) in [7, 11) is 0. The van der Waals surface area contributed by atoms with Crippen LogP contribution in [-0.4, -0.2) is 16.4 Å². The zero-order chi connectivity index (χ0) is 12.3. The van der Waals surface area contributed by atoms with Crippen molar-refractivity contribution in [2.75, 3.05) is 5.73 Å². The molecule has 0 aromatic carbocycles. The van der Waals surface area contributed by atoms with Gasteiger partial charge in [-0.25, -0.2) is 4.98 Å². The molecule has 0 aliphatic rings. The maximum absolute atomic E-state index is 11.8. The molecule has 0 radical (unpaired) electrons. The Morgan fingerprint density at radius 1 is 1.62 bits per heavy atom. The lowest BCUT2D eigenvalue weighted by molar-refractivity contribution is 0.0911. The summed E-state index contributed by atoms with van der Waals surface area (Å²) in [6.45, 7) is 5.92. The minimum Gasteiger partial charge on any atom is -0.382 e. The second-order valence-electron chi connectivity index (χ2n) is 4.28. The van der Waals surface area contributed by atoms with Crippen LogP contribution in [0.15, 0.2) is 12.3 Å². The summed E-state index contributed by atoms with van der Waals surface area (Å²) in [5.41, 5.74) is 5.64. The molecular weight excluding hydrogens is 226 g/mol. The number of amides is 1. The van der Waals surface area contributed by atoms with Crippen LogP contribution in [0.25, 0.3) is 0 Å². The molecule has 5 heteroatoms. The van der Waals surface area contributed by atoms with Crippen molar-refractivity contribution < 1.29 is 4.79 Å². The van der Waals surface area contributed by atoms with Crippen molar-refractivity contribution in [3.8, 4) is 0 Å². The van der Waals surface area contributed by atoms with Crippen LogP contribution in [0.4, 0.5) is 5.82 Å². The van der Waals surface area contributed by atoms with E-state index in [0.717, 1.165) is 6.42 Å². The van der Waals surface area contributed by atoms with E-state index in [0.29, 0.717) is 10.6 Å². The molecule has 88 valence electrons. The third-order valence-electron chi connectivity index (χ3n) is 2.47. The van der Waals surface area contributed by atoms with E-state index in [1.54, 1.807) is 0 Å². The molecule has 0 atom stereocenters. The summed E-state index contributed by atoms with van der Waals surface area (Å²) in [5, 5.41) is 3.18. The number of anilines is 1. The summed E-state index contributed by atoms with van der Waals surface area (Å²) >= 11 is 5.80. The molecule has 1 aromatic heterocycles. The molecule has 0 fully saturated rings. The first-order valence-electron chi connectivity index (χ1n) is 5.09. The summed E-state index contributed by atoms with van der Waals surface area (Å²) in [4.78, 5) is 15.7. The number of pyridine rings is 1. The molecule has 0 bridgehead atoms. The second-order valence-corrected chi connectivity index (χ2v) is 4.69. The number of nitrogen functional groups attached to an aromatic ring is 1. The Kier molecular flexibility index (Phi) is 3.75. The summed E-state index contributed by atoms with van der Waals surface area (Å²) in [6.07, 6.45) is 2.26. The molecule has 16 heavy (non-hydrogen) atoms. The highest BCUT2D eigenvalue weighted by atomic mass is 35.5. The van der Waals surface area contributed by atoms with Crippen LogP contribution in [0.2, 0.25) is 5.02 Å². The average molecular weight is 242 g/mol.